The van der Waals surface area contributed by atoms with Gasteiger partial charge in [-0.15, -0.1) is 0 Å². The molecule has 6 nitrogen and oxygen atoms in total. The highest BCUT2D eigenvalue weighted by Crippen LogP contribution is 2.42. The van der Waals surface area contributed by atoms with E-state index in [2.05, 4.69) is 0 Å². The molecule has 3 aromatic carbocycles. The third-order valence-electron chi connectivity index (χ3n) is 5.72. The van der Waals surface area contributed by atoms with Crippen LogP contribution in [0.3, 0.4) is 0 Å². The van der Waals surface area contributed by atoms with Crippen LogP contribution in [0.15, 0.2) is 78.4 Å². The van der Waals surface area contributed by atoms with Crippen LogP contribution in [0.2, 0.25) is 5.02 Å². The predicted molar refractivity (Wildman–Crippen MR) is 123 cm³/mol. The topological polar surface area (TPSA) is 76.1 Å². The fourth-order valence-corrected chi connectivity index (χ4v) is 4.39. The van der Waals surface area contributed by atoms with Crippen molar-refractivity contribution < 1.29 is 24.2 Å². The van der Waals surface area contributed by atoms with E-state index in [4.69, 9.17) is 21.1 Å². The first-order chi connectivity index (χ1) is 16.0. The Hall–Kier alpha value is -3.77. The summed E-state index contributed by atoms with van der Waals surface area (Å²) in [7, 11) is 0. The highest BCUT2D eigenvalue weighted by atomic mass is 35.5. The molecule has 2 aliphatic rings. The van der Waals surface area contributed by atoms with E-state index in [1.807, 2.05) is 30.3 Å². The van der Waals surface area contributed by atoms with Crippen molar-refractivity contribution in [3.63, 3.8) is 0 Å². The molecule has 1 N–H and O–H groups in total. The Morgan fingerprint density at radius 2 is 1.70 bits per heavy atom. The molecule has 1 saturated heterocycles. The van der Waals surface area contributed by atoms with Crippen molar-refractivity contribution in [1.82, 2.24) is 4.90 Å². The number of Topliss-reactive ketones (excluding diaryl/α,β-unsaturated/α-hetero) is 1. The summed E-state index contributed by atoms with van der Waals surface area (Å²) < 4.78 is 11.2. The van der Waals surface area contributed by atoms with Crippen LogP contribution in [-0.4, -0.2) is 34.9 Å². The van der Waals surface area contributed by atoms with Gasteiger partial charge in [0.2, 0.25) is 0 Å². The van der Waals surface area contributed by atoms with Crippen LogP contribution in [0.5, 0.6) is 11.5 Å². The number of aliphatic hydroxyl groups excluding tert-OH is 1. The Labute approximate surface area is 195 Å². The summed E-state index contributed by atoms with van der Waals surface area (Å²) in [5, 5.41) is 11.7. The highest BCUT2D eigenvalue weighted by Gasteiger charge is 2.46. The number of fused-ring (bicyclic) bond motifs is 1. The molecule has 2 heterocycles. The molecule has 33 heavy (non-hydrogen) atoms. The van der Waals surface area contributed by atoms with E-state index in [1.54, 1.807) is 42.5 Å². The van der Waals surface area contributed by atoms with Crippen molar-refractivity contribution >= 4 is 29.1 Å². The molecule has 1 fully saturated rings. The van der Waals surface area contributed by atoms with E-state index in [1.165, 1.54) is 4.90 Å². The normalized spacial score (nSPS) is 19.1. The first-order valence-electron chi connectivity index (χ1n) is 10.5. The number of ketones is 1. The number of carbonyl (C=O) groups excluding carboxylic acids is 2. The van der Waals surface area contributed by atoms with Crippen molar-refractivity contribution in [2.75, 3.05) is 13.2 Å². The van der Waals surface area contributed by atoms with Gasteiger partial charge in [-0.2, -0.15) is 0 Å². The van der Waals surface area contributed by atoms with Crippen LogP contribution in [0.25, 0.3) is 5.76 Å². The van der Waals surface area contributed by atoms with E-state index in [-0.39, 0.29) is 17.9 Å². The smallest absolute Gasteiger partial charge is 0.295 e. The molecule has 2 aliphatic heterocycles. The second-order valence-corrected chi connectivity index (χ2v) is 8.26. The van der Waals surface area contributed by atoms with E-state index in [0.29, 0.717) is 40.9 Å². The number of benzene rings is 3. The van der Waals surface area contributed by atoms with Gasteiger partial charge in [-0.25, -0.2) is 0 Å². The van der Waals surface area contributed by atoms with E-state index in [9.17, 15) is 14.7 Å². The molecule has 0 unspecified atom stereocenters. The fraction of sp³-hybridized carbons (Fsp3) is 0.154. The monoisotopic (exact) mass is 461 g/mol. The average molecular weight is 462 g/mol. The van der Waals surface area contributed by atoms with Crippen molar-refractivity contribution in [2.24, 2.45) is 0 Å². The molecule has 0 bridgehead atoms. The van der Waals surface area contributed by atoms with Gasteiger partial charge >= 0.3 is 0 Å². The van der Waals surface area contributed by atoms with E-state index >= 15 is 0 Å². The molecular formula is C26H20ClNO5. The van der Waals surface area contributed by atoms with Gasteiger partial charge in [0.25, 0.3) is 11.7 Å². The quantitative estimate of drug-likeness (QED) is 0.345. The maximum absolute atomic E-state index is 13.2. The maximum atomic E-state index is 13.2. The van der Waals surface area contributed by atoms with Crippen LogP contribution in [-0.2, 0) is 16.1 Å². The van der Waals surface area contributed by atoms with Crippen LogP contribution in [0.1, 0.15) is 22.7 Å². The summed E-state index contributed by atoms with van der Waals surface area (Å²) in [5.74, 6) is -0.658. The molecule has 7 heteroatoms. The van der Waals surface area contributed by atoms with Crippen LogP contribution >= 0.6 is 11.6 Å². The Balaban J connectivity index is 1.64. The number of nitrogens with zero attached hydrogens (tertiary/aromatic N) is 1. The van der Waals surface area contributed by atoms with Gasteiger partial charge in [0.05, 0.1) is 11.6 Å². The fourth-order valence-electron chi connectivity index (χ4n) is 4.19. The number of hydrogen-bond donors (Lipinski definition) is 1. The molecule has 0 spiro atoms. The molecule has 5 rings (SSSR count). The molecule has 0 saturated carbocycles. The zero-order valence-corrected chi connectivity index (χ0v) is 18.3. The number of likely N-dealkylation sites (tertiary alicyclic amines) is 1. The first-order valence-corrected chi connectivity index (χ1v) is 10.9. The van der Waals surface area contributed by atoms with Gasteiger partial charge in [0.15, 0.2) is 11.5 Å². The summed E-state index contributed by atoms with van der Waals surface area (Å²) in [4.78, 5) is 27.8. The minimum Gasteiger partial charge on any atom is -0.507 e. The molecule has 0 radical (unpaired) electrons. The van der Waals surface area contributed by atoms with Gasteiger partial charge < -0.3 is 19.5 Å². The predicted octanol–water partition coefficient (Wildman–Crippen LogP) is 4.73. The first kappa shape index (κ1) is 21.1. The zero-order chi connectivity index (χ0) is 22.9. The standard InChI is InChI=1S/C26H20ClNO5/c27-19-8-4-7-17(13-19)23-22(24(29)18-9-10-20-21(14-18)33-12-11-32-20)25(30)26(31)28(23)15-16-5-2-1-3-6-16/h1-10,13-14,23,29H,11-12,15H2/b24-22+/t23-/m0/s1. The minimum absolute atomic E-state index is 0.00914. The largest absolute Gasteiger partial charge is 0.507 e. The Morgan fingerprint density at radius 1 is 0.939 bits per heavy atom. The Kier molecular flexibility index (Phi) is 5.52. The summed E-state index contributed by atoms with van der Waals surface area (Å²) in [6, 6.07) is 20.5. The number of aliphatic hydroxyl groups is 1. The Morgan fingerprint density at radius 3 is 2.45 bits per heavy atom. The number of halogens is 1. The lowest BCUT2D eigenvalue weighted by atomic mass is 9.95. The Bertz CT molecular complexity index is 1270. The average Bonchev–Trinajstić information content (AvgIpc) is 3.09. The second-order valence-electron chi connectivity index (χ2n) is 7.83. The third kappa shape index (κ3) is 3.94. The zero-order valence-electron chi connectivity index (χ0n) is 17.5. The summed E-state index contributed by atoms with van der Waals surface area (Å²) in [6.07, 6.45) is 0. The summed E-state index contributed by atoms with van der Waals surface area (Å²) in [5.41, 5.74) is 1.88. The molecule has 0 aromatic heterocycles. The summed E-state index contributed by atoms with van der Waals surface area (Å²) in [6.45, 7) is 1.04. The van der Waals surface area contributed by atoms with Crippen LogP contribution < -0.4 is 9.47 Å². The van der Waals surface area contributed by atoms with Crippen LogP contribution in [0.4, 0.5) is 0 Å². The molecule has 0 aliphatic carbocycles. The lowest BCUT2D eigenvalue weighted by Crippen LogP contribution is -2.29. The molecule has 1 amide bonds. The number of amides is 1. The molecule has 1 atom stereocenters. The SMILES string of the molecule is O=C1C(=O)N(Cc2ccccc2)[C@@H](c2cccc(Cl)c2)/C1=C(\O)c1ccc2c(c1)OCCO2. The number of rotatable bonds is 4. The molecule has 3 aromatic rings. The maximum Gasteiger partial charge on any atom is 0.295 e. The molecule has 166 valence electrons. The lowest BCUT2D eigenvalue weighted by Gasteiger charge is -2.25. The molecular weight excluding hydrogens is 442 g/mol. The van der Waals surface area contributed by atoms with Gasteiger partial charge in [-0.05, 0) is 41.5 Å². The van der Waals surface area contributed by atoms with Gasteiger partial charge in [0.1, 0.15) is 19.0 Å². The van der Waals surface area contributed by atoms with Crippen molar-refractivity contribution in [1.29, 1.82) is 0 Å². The summed E-state index contributed by atoms with van der Waals surface area (Å²) >= 11 is 6.23. The van der Waals surface area contributed by atoms with Gasteiger partial charge in [-0.3, -0.25) is 9.59 Å². The van der Waals surface area contributed by atoms with Crippen LogP contribution in [0, 0.1) is 0 Å². The number of ether oxygens (including phenoxy) is 2. The third-order valence-corrected chi connectivity index (χ3v) is 5.95. The van der Waals surface area contributed by atoms with Crippen molar-refractivity contribution in [3.05, 3.63) is 100 Å². The number of hydrogen-bond acceptors (Lipinski definition) is 5. The highest BCUT2D eigenvalue weighted by molar-refractivity contribution is 6.46. The van der Waals surface area contributed by atoms with Crippen molar-refractivity contribution in [3.8, 4) is 11.5 Å². The van der Waals surface area contributed by atoms with Gasteiger partial charge in [-0.1, -0.05) is 54.1 Å². The van der Waals surface area contributed by atoms with E-state index in [0.717, 1.165) is 5.56 Å². The second kappa shape index (κ2) is 8.64. The minimum atomic E-state index is -0.794. The van der Waals surface area contributed by atoms with E-state index < -0.39 is 17.7 Å². The van der Waals surface area contributed by atoms with Crippen molar-refractivity contribution in [2.45, 2.75) is 12.6 Å². The van der Waals surface area contributed by atoms with Gasteiger partial charge in [0, 0.05) is 17.1 Å². The number of carbonyl (C=O) groups is 2. The lowest BCUT2D eigenvalue weighted by molar-refractivity contribution is -0.140.